The number of hydrogen-bond acceptors (Lipinski definition) is 3. The number of rotatable bonds is 3. The molecule has 4 nitrogen and oxygen atoms in total. The van der Waals surface area contributed by atoms with Gasteiger partial charge in [0.15, 0.2) is 11.5 Å². The third kappa shape index (κ3) is 2.96. The Hall–Kier alpha value is -1.23. The van der Waals surface area contributed by atoms with Gasteiger partial charge in [0.05, 0.1) is 0 Å². The Labute approximate surface area is 115 Å². The van der Waals surface area contributed by atoms with Crippen LogP contribution in [0.25, 0.3) is 0 Å². The highest BCUT2D eigenvalue weighted by molar-refractivity contribution is 9.09. The molecule has 1 atom stereocenters. The molecule has 0 bridgehead atoms. The van der Waals surface area contributed by atoms with Crippen molar-refractivity contribution in [3.05, 3.63) is 23.8 Å². The van der Waals surface area contributed by atoms with Crippen LogP contribution in [0, 0.1) is 0 Å². The number of halogens is 1. The molecular weight excluding hydrogens is 298 g/mol. The van der Waals surface area contributed by atoms with Gasteiger partial charge in [-0.2, -0.15) is 0 Å². The van der Waals surface area contributed by atoms with Gasteiger partial charge >= 0.3 is 0 Å². The highest BCUT2D eigenvalue weighted by Gasteiger charge is 2.17. The van der Waals surface area contributed by atoms with Gasteiger partial charge < -0.3 is 14.4 Å². The third-order valence-corrected chi connectivity index (χ3v) is 2.95. The SMILES string of the molecule is CC(Br)CN(C)C(=O)c1ccc2c(c1)OCCO2. The van der Waals surface area contributed by atoms with Crippen molar-refractivity contribution in [1.82, 2.24) is 4.90 Å². The number of carbonyl (C=O) groups is 1. The molecule has 1 aliphatic rings. The Morgan fingerprint density at radius 2 is 2.06 bits per heavy atom. The molecule has 1 aromatic rings. The van der Waals surface area contributed by atoms with Crippen molar-refractivity contribution in [2.45, 2.75) is 11.8 Å². The molecule has 0 N–H and O–H groups in total. The van der Waals surface area contributed by atoms with Crippen molar-refractivity contribution in [2.24, 2.45) is 0 Å². The predicted octanol–water partition coefficient (Wildman–Crippen LogP) is 2.31. The van der Waals surface area contributed by atoms with E-state index in [-0.39, 0.29) is 10.7 Å². The first-order valence-corrected chi connectivity index (χ1v) is 6.78. The second kappa shape index (κ2) is 5.61. The van der Waals surface area contributed by atoms with Crippen LogP contribution in [-0.4, -0.2) is 42.4 Å². The molecule has 0 saturated heterocycles. The number of ether oxygens (including phenoxy) is 2. The van der Waals surface area contributed by atoms with Crippen molar-refractivity contribution < 1.29 is 14.3 Å². The van der Waals surface area contributed by atoms with Gasteiger partial charge in [0.2, 0.25) is 0 Å². The summed E-state index contributed by atoms with van der Waals surface area (Å²) in [6, 6.07) is 5.30. The minimum Gasteiger partial charge on any atom is -0.486 e. The Kier molecular flexibility index (Phi) is 4.11. The van der Waals surface area contributed by atoms with Crippen molar-refractivity contribution in [1.29, 1.82) is 0 Å². The van der Waals surface area contributed by atoms with Crippen LogP contribution in [0.4, 0.5) is 0 Å². The van der Waals surface area contributed by atoms with Crippen molar-refractivity contribution in [3.8, 4) is 11.5 Å². The van der Waals surface area contributed by atoms with Crippen molar-refractivity contribution in [3.63, 3.8) is 0 Å². The monoisotopic (exact) mass is 313 g/mol. The van der Waals surface area contributed by atoms with E-state index in [2.05, 4.69) is 15.9 Å². The van der Waals surface area contributed by atoms with E-state index in [1.807, 2.05) is 6.92 Å². The standard InChI is InChI=1S/C13H16BrNO3/c1-9(14)8-15(2)13(16)10-3-4-11-12(7-10)18-6-5-17-11/h3-4,7,9H,5-6,8H2,1-2H3. The summed E-state index contributed by atoms with van der Waals surface area (Å²) in [6.45, 7) is 3.75. The molecule has 1 unspecified atom stereocenters. The number of nitrogens with zero attached hydrogens (tertiary/aromatic N) is 1. The van der Waals surface area contributed by atoms with Gasteiger partial charge in [0.1, 0.15) is 13.2 Å². The molecule has 2 rings (SSSR count). The van der Waals surface area contributed by atoms with Crippen LogP contribution in [0.3, 0.4) is 0 Å². The first-order chi connectivity index (χ1) is 8.58. The number of hydrogen-bond donors (Lipinski definition) is 0. The van der Waals surface area contributed by atoms with Crippen LogP contribution in [0.1, 0.15) is 17.3 Å². The molecule has 1 aliphatic heterocycles. The average Bonchev–Trinajstić information content (AvgIpc) is 2.36. The number of alkyl halides is 1. The lowest BCUT2D eigenvalue weighted by Crippen LogP contribution is -2.31. The van der Waals surface area contributed by atoms with E-state index in [0.717, 1.165) is 0 Å². The number of benzene rings is 1. The lowest BCUT2D eigenvalue weighted by Gasteiger charge is -2.21. The Balaban J connectivity index is 2.15. The van der Waals surface area contributed by atoms with Gasteiger partial charge in [-0.25, -0.2) is 0 Å². The van der Waals surface area contributed by atoms with E-state index in [9.17, 15) is 4.79 Å². The predicted molar refractivity (Wildman–Crippen MR) is 72.8 cm³/mol. The lowest BCUT2D eigenvalue weighted by atomic mass is 10.1. The van der Waals surface area contributed by atoms with Crippen LogP contribution in [-0.2, 0) is 0 Å². The van der Waals surface area contributed by atoms with Gasteiger partial charge in [-0.3, -0.25) is 4.79 Å². The maximum absolute atomic E-state index is 12.2. The van der Waals surface area contributed by atoms with E-state index >= 15 is 0 Å². The van der Waals surface area contributed by atoms with Gasteiger partial charge in [0.25, 0.3) is 5.91 Å². The minimum absolute atomic E-state index is 0.0155. The zero-order valence-corrected chi connectivity index (χ0v) is 12.1. The molecule has 1 aromatic carbocycles. The van der Waals surface area contributed by atoms with Crippen LogP contribution in [0.15, 0.2) is 18.2 Å². The molecule has 0 aliphatic carbocycles. The van der Waals surface area contributed by atoms with Crippen LogP contribution < -0.4 is 9.47 Å². The Morgan fingerprint density at radius 3 is 2.72 bits per heavy atom. The molecule has 0 radical (unpaired) electrons. The van der Waals surface area contributed by atoms with Crippen LogP contribution in [0.2, 0.25) is 0 Å². The van der Waals surface area contributed by atoms with Gasteiger partial charge in [-0.05, 0) is 18.2 Å². The minimum atomic E-state index is -0.0155. The second-order valence-corrected chi connectivity index (χ2v) is 5.89. The smallest absolute Gasteiger partial charge is 0.253 e. The van der Waals surface area contributed by atoms with Crippen molar-refractivity contribution in [2.75, 3.05) is 26.8 Å². The van der Waals surface area contributed by atoms with E-state index < -0.39 is 0 Å². The number of fused-ring (bicyclic) bond motifs is 1. The number of carbonyl (C=O) groups excluding carboxylic acids is 1. The summed E-state index contributed by atoms with van der Waals surface area (Å²) in [5.41, 5.74) is 0.620. The maximum Gasteiger partial charge on any atom is 0.253 e. The molecule has 18 heavy (non-hydrogen) atoms. The lowest BCUT2D eigenvalue weighted by molar-refractivity contribution is 0.0796. The molecule has 0 spiro atoms. The zero-order chi connectivity index (χ0) is 13.1. The summed E-state index contributed by atoms with van der Waals surface area (Å²) in [5.74, 6) is 1.33. The van der Waals surface area contributed by atoms with Gasteiger partial charge in [-0.15, -0.1) is 0 Å². The molecule has 0 saturated carbocycles. The molecule has 1 amide bonds. The normalized spacial score (nSPS) is 15.1. The summed E-state index contributed by atoms with van der Waals surface area (Å²) in [4.78, 5) is 14.1. The maximum atomic E-state index is 12.2. The summed E-state index contributed by atoms with van der Waals surface area (Å²) >= 11 is 3.44. The summed E-state index contributed by atoms with van der Waals surface area (Å²) in [6.07, 6.45) is 0. The molecule has 0 fully saturated rings. The average molecular weight is 314 g/mol. The van der Waals surface area contributed by atoms with Crippen molar-refractivity contribution >= 4 is 21.8 Å². The number of amides is 1. The second-order valence-electron chi connectivity index (χ2n) is 4.32. The quantitative estimate of drug-likeness (QED) is 0.804. The fourth-order valence-electron chi connectivity index (χ4n) is 1.86. The molecule has 5 heteroatoms. The third-order valence-electron chi connectivity index (χ3n) is 2.66. The van der Waals surface area contributed by atoms with E-state index in [0.29, 0.717) is 36.8 Å². The Morgan fingerprint density at radius 1 is 1.39 bits per heavy atom. The van der Waals surface area contributed by atoms with Crippen LogP contribution >= 0.6 is 15.9 Å². The fraction of sp³-hybridized carbons (Fsp3) is 0.462. The highest BCUT2D eigenvalue weighted by Crippen LogP contribution is 2.31. The first-order valence-electron chi connectivity index (χ1n) is 5.87. The Bertz CT molecular complexity index is 448. The van der Waals surface area contributed by atoms with E-state index in [4.69, 9.17) is 9.47 Å². The van der Waals surface area contributed by atoms with Gasteiger partial charge in [-0.1, -0.05) is 22.9 Å². The summed E-state index contributed by atoms with van der Waals surface area (Å²) in [5, 5.41) is 0. The summed E-state index contributed by atoms with van der Waals surface area (Å²) in [7, 11) is 1.79. The zero-order valence-electron chi connectivity index (χ0n) is 10.5. The van der Waals surface area contributed by atoms with E-state index in [1.165, 1.54) is 0 Å². The largest absolute Gasteiger partial charge is 0.486 e. The van der Waals surface area contributed by atoms with Crippen LogP contribution in [0.5, 0.6) is 11.5 Å². The molecular formula is C13H16BrNO3. The first kappa shape index (κ1) is 13.2. The van der Waals surface area contributed by atoms with Gasteiger partial charge in [0, 0.05) is 24.0 Å². The topological polar surface area (TPSA) is 38.8 Å². The molecule has 1 heterocycles. The summed E-state index contributed by atoms with van der Waals surface area (Å²) < 4.78 is 10.9. The highest BCUT2D eigenvalue weighted by atomic mass is 79.9. The fourth-order valence-corrected chi connectivity index (χ4v) is 2.29. The molecule has 98 valence electrons. The van der Waals surface area contributed by atoms with E-state index in [1.54, 1.807) is 30.1 Å². The molecule has 0 aromatic heterocycles.